The molecule has 1 aliphatic rings. The molecule has 3 N–H and O–H groups in total. The van der Waals surface area contributed by atoms with Gasteiger partial charge >= 0.3 is 0 Å². The number of rotatable bonds is 3. The molecule has 0 aliphatic heterocycles. The number of halogens is 1. The fourth-order valence-electron chi connectivity index (χ4n) is 2.46. The Labute approximate surface area is 121 Å². The highest BCUT2D eigenvalue weighted by molar-refractivity contribution is 9.10. The molecule has 0 spiro atoms. The SMILES string of the molecule is COc1cc(Br)cc(NC(=O)C2CCCC(N)C2)c1. The standard InChI is InChI=1S/C14H19BrN2O2/c1-19-13-7-10(15)6-12(8-13)17-14(18)9-3-2-4-11(16)5-9/h6-9,11H,2-5,16H2,1H3,(H,17,18). The predicted octanol–water partition coefficient (Wildman–Crippen LogP) is 2.91. The Kier molecular flexibility index (Phi) is 4.82. The van der Waals surface area contributed by atoms with E-state index in [2.05, 4.69) is 21.2 Å². The van der Waals surface area contributed by atoms with Crippen LogP contribution in [0.1, 0.15) is 25.7 Å². The minimum Gasteiger partial charge on any atom is -0.497 e. The zero-order chi connectivity index (χ0) is 13.8. The number of hydrogen-bond donors (Lipinski definition) is 2. The fourth-order valence-corrected chi connectivity index (χ4v) is 2.94. The number of anilines is 1. The summed E-state index contributed by atoms with van der Waals surface area (Å²) in [5, 5.41) is 2.94. The van der Waals surface area contributed by atoms with Gasteiger partial charge in [0, 0.05) is 28.2 Å². The van der Waals surface area contributed by atoms with Crippen molar-refractivity contribution in [2.75, 3.05) is 12.4 Å². The van der Waals surface area contributed by atoms with E-state index in [9.17, 15) is 4.79 Å². The van der Waals surface area contributed by atoms with Crippen LogP contribution in [0.4, 0.5) is 5.69 Å². The van der Waals surface area contributed by atoms with E-state index in [1.165, 1.54) is 0 Å². The summed E-state index contributed by atoms with van der Waals surface area (Å²) < 4.78 is 6.06. The third-order valence-electron chi connectivity index (χ3n) is 3.46. The van der Waals surface area contributed by atoms with Crippen LogP contribution in [0.5, 0.6) is 5.75 Å². The highest BCUT2D eigenvalue weighted by Gasteiger charge is 2.25. The first-order valence-electron chi connectivity index (χ1n) is 6.49. The van der Waals surface area contributed by atoms with Crippen LogP contribution >= 0.6 is 15.9 Å². The molecular weight excluding hydrogens is 308 g/mol. The summed E-state index contributed by atoms with van der Waals surface area (Å²) in [5.74, 6) is 0.786. The average molecular weight is 327 g/mol. The maximum absolute atomic E-state index is 12.2. The molecule has 5 heteroatoms. The Balaban J connectivity index is 2.03. The fraction of sp³-hybridized carbons (Fsp3) is 0.500. The van der Waals surface area contributed by atoms with Crippen molar-refractivity contribution < 1.29 is 9.53 Å². The van der Waals surface area contributed by atoms with E-state index < -0.39 is 0 Å². The third-order valence-corrected chi connectivity index (χ3v) is 3.92. The van der Waals surface area contributed by atoms with Crippen molar-refractivity contribution in [1.29, 1.82) is 0 Å². The lowest BCUT2D eigenvalue weighted by Gasteiger charge is -2.25. The molecule has 19 heavy (non-hydrogen) atoms. The summed E-state index contributed by atoms with van der Waals surface area (Å²) >= 11 is 3.40. The molecule has 1 aliphatic carbocycles. The molecule has 1 fully saturated rings. The van der Waals surface area contributed by atoms with Gasteiger partial charge in [0.05, 0.1) is 7.11 Å². The van der Waals surface area contributed by atoms with Crippen LogP contribution < -0.4 is 15.8 Å². The molecule has 2 rings (SSSR count). The van der Waals surface area contributed by atoms with Gasteiger partial charge in [0.2, 0.25) is 5.91 Å². The lowest BCUT2D eigenvalue weighted by Crippen LogP contribution is -2.34. The van der Waals surface area contributed by atoms with Crippen LogP contribution in [0.15, 0.2) is 22.7 Å². The molecule has 104 valence electrons. The predicted molar refractivity (Wildman–Crippen MR) is 79.3 cm³/mol. The normalized spacial score (nSPS) is 22.9. The molecule has 1 amide bonds. The summed E-state index contributed by atoms with van der Waals surface area (Å²) in [6.45, 7) is 0. The number of methoxy groups -OCH3 is 1. The van der Waals surface area contributed by atoms with E-state index in [-0.39, 0.29) is 17.9 Å². The molecule has 2 unspecified atom stereocenters. The van der Waals surface area contributed by atoms with E-state index in [1.54, 1.807) is 7.11 Å². The summed E-state index contributed by atoms with van der Waals surface area (Å²) in [4.78, 5) is 12.2. The number of ether oxygens (including phenoxy) is 1. The van der Waals surface area contributed by atoms with E-state index >= 15 is 0 Å². The molecule has 0 radical (unpaired) electrons. The van der Waals surface area contributed by atoms with Crippen molar-refractivity contribution in [3.8, 4) is 5.75 Å². The average Bonchev–Trinajstić information content (AvgIpc) is 2.38. The second-order valence-corrected chi connectivity index (χ2v) is 5.91. The highest BCUT2D eigenvalue weighted by atomic mass is 79.9. The van der Waals surface area contributed by atoms with Crippen molar-refractivity contribution in [3.05, 3.63) is 22.7 Å². The maximum atomic E-state index is 12.2. The molecule has 4 nitrogen and oxygen atoms in total. The zero-order valence-corrected chi connectivity index (χ0v) is 12.6. The van der Waals surface area contributed by atoms with E-state index in [0.29, 0.717) is 5.75 Å². The second-order valence-electron chi connectivity index (χ2n) is 4.99. The van der Waals surface area contributed by atoms with Crippen molar-refractivity contribution in [2.45, 2.75) is 31.7 Å². The first kappa shape index (κ1) is 14.3. The van der Waals surface area contributed by atoms with Gasteiger partial charge in [-0.1, -0.05) is 22.4 Å². The number of nitrogens with one attached hydrogen (secondary N) is 1. The van der Waals surface area contributed by atoms with Crippen LogP contribution in [0, 0.1) is 5.92 Å². The topological polar surface area (TPSA) is 64.3 Å². The number of nitrogens with two attached hydrogens (primary N) is 1. The molecule has 0 bridgehead atoms. The third kappa shape index (κ3) is 3.94. The van der Waals surface area contributed by atoms with Gasteiger partial charge in [0.15, 0.2) is 0 Å². The molecule has 1 aromatic carbocycles. The van der Waals surface area contributed by atoms with Crippen molar-refractivity contribution in [1.82, 2.24) is 0 Å². The summed E-state index contributed by atoms with van der Waals surface area (Å²) in [5.41, 5.74) is 6.66. The zero-order valence-electron chi connectivity index (χ0n) is 11.0. The van der Waals surface area contributed by atoms with Crippen LogP contribution in [0.2, 0.25) is 0 Å². The van der Waals surface area contributed by atoms with E-state index in [0.717, 1.165) is 35.8 Å². The van der Waals surface area contributed by atoms with Crippen LogP contribution in [0.3, 0.4) is 0 Å². The Hall–Kier alpha value is -1.07. The number of carbonyl (C=O) groups is 1. The van der Waals surface area contributed by atoms with E-state index in [4.69, 9.17) is 10.5 Å². The molecule has 1 aromatic rings. The van der Waals surface area contributed by atoms with Gasteiger partial charge < -0.3 is 15.8 Å². The smallest absolute Gasteiger partial charge is 0.227 e. The van der Waals surface area contributed by atoms with E-state index in [1.807, 2.05) is 18.2 Å². The van der Waals surface area contributed by atoms with Gasteiger partial charge in [-0.2, -0.15) is 0 Å². The number of carbonyl (C=O) groups excluding carboxylic acids is 1. The Bertz CT molecular complexity index is 465. The van der Waals surface area contributed by atoms with Gasteiger partial charge in [-0.25, -0.2) is 0 Å². The van der Waals surface area contributed by atoms with Gasteiger partial charge in [-0.05, 0) is 31.4 Å². The Morgan fingerprint density at radius 3 is 2.89 bits per heavy atom. The van der Waals surface area contributed by atoms with Crippen LogP contribution in [-0.2, 0) is 4.79 Å². The van der Waals surface area contributed by atoms with Gasteiger partial charge in [0.1, 0.15) is 5.75 Å². The number of benzene rings is 1. The monoisotopic (exact) mass is 326 g/mol. The summed E-state index contributed by atoms with van der Waals surface area (Å²) in [7, 11) is 1.60. The number of hydrogen-bond acceptors (Lipinski definition) is 3. The van der Waals surface area contributed by atoms with Crippen LogP contribution in [0.25, 0.3) is 0 Å². The highest BCUT2D eigenvalue weighted by Crippen LogP contribution is 2.27. The minimum atomic E-state index is 0.0220. The lowest BCUT2D eigenvalue weighted by atomic mass is 9.85. The Morgan fingerprint density at radius 2 is 2.21 bits per heavy atom. The second kappa shape index (κ2) is 6.39. The van der Waals surface area contributed by atoms with Crippen LogP contribution in [-0.4, -0.2) is 19.1 Å². The lowest BCUT2D eigenvalue weighted by molar-refractivity contribution is -0.120. The van der Waals surface area contributed by atoms with Gasteiger partial charge in [-0.15, -0.1) is 0 Å². The van der Waals surface area contributed by atoms with Gasteiger partial charge in [-0.3, -0.25) is 4.79 Å². The molecule has 0 aromatic heterocycles. The quantitative estimate of drug-likeness (QED) is 0.897. The summed E-state index contributed by atoms with van der Waals surface area (Å²) in [6, 6.07) is 5.68. The molecule has 0 heterocycles. The van der Waals surface area contributed by atoms with Crippen molar-refractivity contribution >= 4 is 27.5 Å². The molecule has 2 atom stereocenters. The molecule has 0 saturated heterocycles. The first-order chi connectivity index (χ1) is 9.08. The Morgan fingerprint density at radius 1 is 1.42 bits per heavy atom. The van der Waals surface area contributed by atoms with Crippen molar-refractivity contribution in [2.24, 2.45) is 11.7 Å². The number of amides is 1. The molecule has 1 saturated carbocycles. The summed E-state index contributed by atoms with van der Waals surface area (Å²) in [6.07, 6.45) is 3.75. The maximum Gasteiger partial charge on any atom is 0.227 e. The largest absolute Gasteiger partial charge is 0.497 e. The minimum absolute atomic E-state index is 0.0220. The van der Waals surface area contributed by atoms with Crippen molar-refractivity contribution in [3.63, 3.8) is 0 Å². The van der Waals surface area contributed by atoms with Gasteiger partial charge in [0.25, 0.3) is 0 Å². The molecular formula is C14H19BrN2O2. The first-order valence-corrected chi connectivity index (χ1v) is 7.29.